The Bertz CT molecular complexity index is 856. The molecule has 0 aliphatic heterocycles. The highest BCUT2D eigenvalue weighted by molar-refractivity contribution is 6.02. The third-order valence-electron chi connectivity index (χ3n) is 4.06. The summed E-state index contributed by atoms with van der Waals surface area (Å²) in [6.07, 6.45) is 0. The number of carbonyl (C=O) groups excluding carboxylic acids is 2. The molecule has 25 heavy (non-hydrogen) atoms. The summed E-state index contributed by atoms with van der Waals surface area (Å²) < 4.78 is 0. The van der Waals surface area contributed by atoms with Gasteiger partial charge in [0.05, 0.1) is 6.54 Å². The third-order valence-corrected chi connectivity index (χ3v) is 4.06. The van der Waals surface area contributed by atoms with Crippen molar-refractivity contribution in [3.05, 3.63) is 96.1 Å². The topological polar surface area (TPSA) is 37.4 Å². The second kappa shape index (κ2) is 7.58. The number of benzene rings is 3. The molecular formula is C22H19NO2. The Morgan fingerprint density at radius 3 is 1.80 bits per heavy atom. The minimum Gasteiger partial charge on any atom is -0.334 e. The van der Waals surface area contributed by atoms with Crippen molar-refractivity contribution in [3.63, 3.8) is 0 Å². The summed E-state index contributed by atoms with van der Waals surface area (Å²) >= 11 is 0. The van der Waals surface area contributed by atoms with Gasteiger partial charge in [-0.3, -0.25) is 9.59 Å². The van der Waals surface area contributed by atoms with Crippen molar-refractivity contribution in [2.45, 2.75) is 0 Å². The largest absolute Gasteiger partial charge is 0.334 e. The second-order valence-electron chi connectivity index (χ2n) is 5.89. The van der Waals surface area contributed by atoms with Crippen LogP contribution in [0.4, 0.5) is 0 Å². The van der Waals surface area contributed by atoms with Gasteiger partial charge in [0.15, 0.2) is 5.78 Å². The lowest BCUT2D eigenvalue weighted by molar-refractivity contribution is 0.0747. The van der Waals surface area contributed by atoms with Crippen LogP contribution in [0.3, 0.4) is 0 Å². The van der Waals surface area contributed by atoms with Crippen LogP contribution in [0.15, 0.2) is 84.9 Å². The first-order chi connectivity index (χ1) is 12.1. The van der Waals surface area contributed by atoms with Crippen molar-refractivity contribution >= 4 is 11.7 Å². The van der Waals surface area contributed by atoms with Crippen LogP contribution in [0.1, 0.15) is 20.7 Å². The molecule has 1 amide bonds. The predicted molar refractivity (Wildman–Crippen MR) is 99.6 cm³/mol. The molecule has 0 aliphatic carbocycles. The van der Waals surface area contributed by atoms with Crippen molar-refractivity contribution in [2.24, 2.45) is 0 Å². The molecule has 3 aromatic rings. The fourth-order valence-electron chi connectivity index (χ4n) is 2.66. The van der Waals surface area contributed by atoms with Gasteiger partial charge in [0, 0.05) is 18.2 Å². The molecule has 0 fully saturated rings. The van der Waals surface area contributed by atoms with Gasteiger partial charge < -0.3 is 4.90 Å². The maximum absolute atomic E-state index is 12.4. The first-order valence-corrected chi connectivity index (χ1v) is 8.14. The van der Waals surface area contributed by atoms with Gasteiger partial charge in [0.1, 0.15) is 0 Å². The van der Waals surface area contributed by atoms with Crippen molar-refractivity contribution in [2.75, 3.05) is 13.6 Å². The van der Waals surface area contributed by atoms with Gasteiger partial charge in [0.2, 0.25) is 0 Å². The average molecular weight is 329 g/mol. The number of ketones is 1. The number of Topliss-reactive ketones (excluding diaryl/α,β-unsaturated/α-hetero) is 1. The molecule has 0 spiro atoms. The molecule has 0 atom stereocenters. The van der Waals surface area contributed by atoms with E-state index in [4.69, 9.17) is 0 Å². The molecular weight excluding hydrogens is 310 g/mol. The highest BCUT2D eigenvalue weighted by atomic mass is 16.2. The standard InChI is InChI=1S/C22H19NO2/c1-23(22(25)20-10-6-3-7-11-20)16-21(24)19-14-12-18(13-15-19)17-8-4-2-5-9-17/h2-15H,16H2,1H3. The van der Waals surface area contributed by atoms with Crippen LogP contribution in [0, 0.1) is 0 Å². The lowest BCUT2D eigenvalue weighted by Crippen LogP contribution is -2.32. The summed E-state index contributed by atoms with van der Waals surface area (Å²) in [5, 5.41) is 0. The van der Waals surface area contributed by atoms with Crippen LogP contribution in [-0.4, -0.2) is 30.2 Å². The molecule has 3 heteroatoms. The minimum absolute atomic E-state index is 0.0540. The SMILES string of the molecule is CN(CC(=O)c1ccc(-c2ccccc2)cc1)C(=O)c1ccccc1. The number of rotatable bonds is 5. The monoisotopic (exact) mass is 329 g/mol. The molecule has 0 heterocycles. The predicted octanol–water partition coefficient (Wildman–Crippen LogP) is 4.31. The van der Waals surface area contributed by atoms with E-state index in [9.17, 15) is 9.59 Å². The van der Waals surface area contributed by atoms with E-state index in [1.165, 1.54) is 4.90 Å². The van der Waals surface area contributed by atoms with Crippen molar-refractivity contribution in [3.8, 4) is 11.1 Å². The molecule has 0 saturated carbocycles. The zero-order valence-corrected chi connectivity index (χ0v) is 14.1. The zero-order valence-electron chi connectivity index (χ0n) is 14.1. The van der Waals surface area contributed by atoms with Gasteiger partial charge in [-0.25, -0.2) is 0 Å². The molecule has 3 nitrogen and oxygen atoms in total. The van der Waals surface area contributed by atoms with Crippen LogP contribution in [0.25, 0.3) is 11.1 Å². The second-order valence-corrected chi connectivity index (χ2v) is 5.89. The molecule has 0 radical (unpaired) electrons. The fourth-order valence-corrected chi connectivity index (χ4v) is 2.66. The first kappa shape index (κ1) is 16.7. The number of hydrogen-bond donors (Lipinski definition) is 0. The number of nitrogens with zero attached hydrogens (tertiary/aromatic N) is 1. The van der Waals surface area contributed by atoms with E-state index in [1.807, 2.05) is 72.8 Å². The number of carbonyl (C=O) groups is 2. The summed E-state index contributed by atoms with van der Waals surface area (Å²) in [5.74, 6) is -0.235. The van der Waals surface area contributed by atoms with Crippen molar-refractivity contribution < 1.29 is 9.59 Å². The summed E-state index contributed by atoms with van der Waals surface area (Å²) in [6, 6.07) is 26.5. The van der Waals surface area contributed by atoms with Gasteiger partial charge in [-0.15, -0.1) is 0 Å². The summed E-state index contributed by atoms with van der Waals surface area (Å²) in [6.45, 7) is 0.0540. The molecule has 0 saturated heterocycles. The molecule has 0 bridgehead atoms. The Morgan fingerprint density at radius 2 is 1.20 bits per heavy atom. The molecule has 0 aliphatic rings. The van der Waals surface area contributed by atoms with Gasteiger partial charge in [-0.05, 0) is 23.3 Å². The van der Waals surface area contributed by atoms with Gasteiger partial charge in [0.25, 0.3) is 5.91 Å². The normalized spacial score (nSPS) is 10.3. The smallest absolute Gasteiger partial charge is 0.254 e. The summed E-state index contributed by atoms with van der Waals surface area (Å²) in [4.78, 5) is 26.2. The van der Waals surface area contributed by atoms with E-state index in [-0.39, 0.29) is 18.2 Å². The average Bonchev–Trinajstić information content (AvgIpc) is 2.68. The third kappa shape index (κ3) is 4.01. The van der Waals surface area contributed by atoms with E-state index < -0.39 is 0 Å². The minimum atomic E-state index is -0.158. The summed E-state index contributed by atoms with van der Waals surface area (Å²) in [5.41, 5.74) is 3.35. The van der Waals surface area contributed by atoms with Crippen molar-refractivity contribution in [1.29, 1.82) is 0 Å². The molecule has 124 valence electrons. The van der Waals surface area contributed by atoms with E-state index >= 15 is 0 Å². The Labute approximate surface area is 147 Å². The fraction of sp³-hybridized carbons (Fsp3) is 0.0909. The Morgan fingerprint density at radius 1 is 0.680 bits per heavy atom. The van der Waals surface area contributed by atoms with Gasteiger partial charge in [-0.1, -0.05) is 72.8 Å². The molecule has 0 aromatic heterocycles. The number of amides is 1. The van der Waals surface area contributed by atoms with Crippen LogP contribution >= 0.6 is 0 Å². The Hall–Kier alpha value is -3.20. The zero-order chi connectivity index (χ0) is 17.6. The molecule has 3 rings (SSSR count). The lowest BCUT2D eigenvalue weighted by Gasteiger charge is -2.16. The lowest BCUT2D eigenvalue weighted by atomic mass is 10.0. The Balaban J connectivity index is 1.68. The van der Waals surface area contributed by atoms with Crippen LogP contribution < -0.4 is 0 Å². The maximum Gasteiger partial charge on any atom is 0.254 e. The first-order valence-electron chi connectivity index (χ1n) is 8.14. The van der Waals surface area contributed by atoms with Gasteiger partial charge in [-0.2, -0.15) is 0 Å². The van der Waals surface area contributed by atoms with E-state index in [2.05, 4.69) is 0 Å². The number of hydrogen-bond acceptors (Lipinski definition) is 2. The van der Waals surface area contributed by atoms with E-state index in [0.717, 1.165) is 11.1 Å². The van der Waals surface area contributed by atoms with Crippen LogP contribution in [0.5, 0.6) is 0 Å². The highest BCUT2D eigenvalue weighted by Gasteiger charge is 2.15. The van der Waals surface area contributed by atoms with E-state index in [0.29, 0.717) is 11.1 Å². The Kier molecular flexibility index (Phi) is 5.05. The quantitative estimate of drug-likeness (QED) is 0.654. The maximum atomic E-state index is 12.4. The summed E-state index contributed by atoms with van der Waals surface area (Å²) in [7, 11) is 1.64. The van der Waals surface area contributed by atoms with Crippen LogP contribution in [-0.2, 0) is 0 Å². The van der Waals surface area contributed by atoms with E-state index in [1.54, 1.807) is 19.2 Å². The number of likely N-dealkylation sites (N-methyl/N-ethyl adjacent to an activating group) is 1. The van der Waals surface area contributed by atoms with Gasteiger partial charge >= 0.3 is 0 Å². The van der Waals surface area contributed by atoms with Crippen LogP contribution in [0.2, 0.25) is 0 Å². The molecule has 3 aromatic carbocycles. The molecule has 0 N–H and O–H groups in total. The van der Waals surface area contributed by atoms with Crippen molar-refractivity contribution in [1.82, 2.24) is 4.90 Å². The molecule has 0 unspecified atom stereocenters. The highest BCUT2D eigenvalue weighted by Crippen LogP contribution is 2.19.